The molecule has 52 heavy (non-hydrogen) atoms. The number of anilines is 1. The molecule has 0 saturated carbocycles. The zero-order valence-electron chi connectivity index (χ0n) is 26.7. The van der Waals surface area contributed by atoms with Crippen molar-refractivity contribution in [1.29, 1.82) is 0 Å². The lowest BCUT2D eigenvalue weighted by Gasteiger charge is -2.25. The van der Waals surface area contributed by atoms with Crippen molar-refractivity contribution in [2.45, 2.75) is 38.0 Å². The lowest BCUT2D eigenvalue weighted by atomic mass is 10.1. The summed E-state index contributed by atoms with van der Waals surface area (Å²) in [6.07, 6.45) is -3.00. The van der Waals surface area contributed by atoms with Gasteiger partial charge in [-0.25, -0.2) is 33.0 Å². The van der Waals surface area contributed by atoms with Crippen LogP contribution in [0.15, 0.2) is 85.5 Å². The summed E-state index contributed by atoms with van der Waals surface area (Å²) in [6.45, 7) is 0.671. The molecule has 0 aliphatic carbocycles. The van der Waals surface area contributed by atoms with Gasteiger partial charge in [0.15, 0.2) is 17.8 Å². The molecule has 1 saturated heterocycles. The van der Waals surface area contributed by atoms with Crippen molar-refractivity contribution in [2.24, 2.45) is 0 Å². The van der Waals surface area contributed by atoms with E-state index in [4.69, 9.17) is 24.5 Å². The summed E-state index contributed by atoms with van der Waals surface area (Å²) in [5.74, 6) is 0.0674. The van der Waals surface area contributed by atoms with Crippen molar-refractivity contribution in [1.82, 2.24) is 19.5 Å². The Labute approximate surface area is 294 Å². The SMILES string of the molecule is C[C@H]1OC(c2ccc3ccccc3c2)OC(n2cnc3c(N)ncnc32)O[C@@H]1COP(=O)(O)OP(=O)(O)OP(=O)(O)OP(=O)(O)Cc1ccccc1. The van der Waals surface area contributed by atoms with Crippen LogP contribution >= 0.6 is 31.1 Å². The van der Waals surface area contributed by atoms with Gasteiger partial charge in [0.05, 0.1) is 18.9 Å². The molecule has 6 unspecified atom stereocenters. The molecule has 3 aromatic carbocycles. The maximum Gasteiger partial charge on any atom is 0.490 e. The van der Waals surface area contributed by atoms with E-state index in [1.54, 1.807) is 12.1 Å². The van der Waals surface area contributed by atoms with Crippen LogP contribution in [0.25, 0.3) is 21.9 Å². The molecule has 1 fully saturated rings. The van der Waals surface area contributed by atoms with E-state index in [9.17, 15) is 37.8 Å². The van der Waals surface area contributed by atoms with Crippen LogP contribution in [0.5, 0.6) is 0 Å². The minimum Gasteiger partial charge on any atom is -0.382 e. The second-order valence-electron chi connectivity index (χ2n) is 11.2. The van der Waals surface area contributed by atoms with Crippen LogP contribution in [-0.4, -0.2) is 57.9 Å². The van der Waals surface area contributed by atoms with Crippen LogP contribution in [0.3, 0.4) is 0 Å². The molecule has 6 rings (SSSR count). The van der Waals surface area contributed by atoms with E-state index in [0.29, 0.717) is 5.56 Å². The minimum absolute atomic E-state index is 0.0674. The van der Waals surface area contributed by atoms with Crippen molar-refractivity contribution in [3.8, 4) is 0 Å². The molecule has 0 radical (unpaired) electrons. The fraction of sp³-hybridized carbons (Fsp3) is 0.250. The van der Waals surface area contributed by atoms with Gasteiger partial charge < -0.3 is 39.5 Å². The summed E-state index contributed by atoms with van der Waals surface area (Å²) in [4.78, 5) is 52.7. The van der Waals surface area contributed by atoms with E-state index < -0.39 is 68.7 Å². The Morgan fingerprint density at radius 2 is 1.46 bits per heavy atom. The molecule has 2 aromatic heterocycles. The predicted molar refractivity (Wildman–Crippen MR) is 181 cm³/mol. The second-order valence-corrected chi connectivity index (χ2v) is 17.8. The zero-order chi connectivity index (χ0) is 37.3. The molecule has 5 aromatic rings. The molecule has 3 heterocycles. The maximum atomic E-state index is 12.8. The number of phosphoric acid groups is 3. The summed E-state index contributed by atoms with van der Waals surface area (Å²) in [5, 5.41) is 1.82. The summed E-state index contributed by atoms with van der Waals surface area (Å²) >= 11 is 0. The highest BCUT2D eigenvalue weighted by atomic mass is 31.3. The summed E-state index contributed by atoms with van der Waals surface area (Å²) in [5.41, 5.74) is 7.16. The Hall–Kier alpha value is -3.25. The first-order valence-electron chi connectivity index (χ1n) is 15.0. The van der Waals surface area contributed by atoms with Crippen molar-refractivity contribution in [3.63, 3.8) is 0 Å². The highest BCUT2D eigenvalue weighted by molar-refractivity contribution is 7.70. The quantitative estimate of drug-likeness (QED) is 0.0945. The van der Waals surface area contributed by atoms with Gasteiger partial charge in [-0.2, -0.15) is 8.62 Å². The van der Waals surface area contributed by atoms with Crippen LogP contribution < -0.4 is 5.73 Å². The number of aromatic nitrogens is 4. The number of hydrogen-bond donors (Lipinski definition) is 5. The highest BCUT2D eigenvalue weighted by Crippen LogP contribution is 2.71. The average molecular weight is 801 g/mol. The first-order valence-corrected chi connectivity index (χ1v) is 21.2. The molecule has 1 aliphatic rings. The van der Waals surface area contributed by atoms with Gasteiger partial charge in [-0.15, -0.1) is 0 Å². The monoisotopic (exact) mass is 801 g/mol. The van der Waals surface area contributed by atoms with Crippen LogP contribution in [0.4, 0.5) is 5.82 Å². The number of rotatable bonds is 13. The number of nitrogens with two attached hydrogens (primary N) is 1. The van der Waals surface area contributed by atoms with Gasteiger partial charge in [-0.1, -0.05) is 66.7 Å². The molecule has 278 valence electrons. The number of phosphoric ester groups is 1. The minimum atomic E-state index is -6.00. The van der Waals surface area contributed by atoms with Crippen molar-refractivity contribution in [2.75, 3.05) is 12.3 Å². The fourth-order valence-corrected chi connectivity index (χ4v) is 10.6. The molecule has 8 atom stereocenters. The van der Waals surface area contributed by atoms with Gasteiger partial charge >= 0.3 is 31.1 Å². The van der Waals surface area contributed by atoms with Gasteiger partial charge in [-0.3, -0.25) is 13.7 Å². The van der Waals surface area contributed by atoms with Crippen LogP contribution in [0.2, 0.25) is 0 Å². The van der Waals surface area contributed by atoms with E-state index in [1.807, 2.05) is 36.4 Å². The molecule has 24 heteroatoms. The molecular weight excluding hydrogens is 770 g/mol. The Kier molecular flexibility index (Phi) is 11.3. The predicted octanol–water partition coefficient (Wildman–Crippen LogP) is 5.29. The van der Waals surface area contributed by atoms with Gasteiger partial charge in [-0.05, 0) is 29.3 Å². The van der Waals surface area contributed by atoms with E-state index >= 15 is 0 Å². The smallest absolute Gasteiger partial charge is 0.382 e. The van der Waals surface area contributed by atoms with E-state index in [-0.39, 0.29) is 22.5 Å². The first kappa shape index (κ1) is 38.5. The molecule has 0 spiro atoms. The zero-order valence-corrected chi connectivity index (χ0v) is 30.3. The largest absolute Gasteiger partial charge is 0.490 e. The average Bonchev–Trinajstić information content (AvgIpc) is 3.42. The number of nitrogen functional groups attached to an aromatic ring is 1. The third kappa shape index (κ3) is 9.64. The third-order valence-corrected chi connectivity index (χ3v) is 13.7. The number of imidazole rings is 1. The summed E-state index contributed by atoms with van der Waals surface area (Å²) < 4.78 is 87.3. The van der Waals surface area contributed by atoms with E-state index in [0.717, 1.165) is 10.8 Å². The summed E-state index contributed by atoms with van der Waals surface area (Å²) in [7, 11) is -22.4. The van der Waals surface area contributed by atoms with Crippen molar-refractivity contribution in [3.05, 3.63) is 96.6 Å². The topological polar surface area (TPSA) is 283 Å². The number of hydrogen-bond acceptors (Lipinski definition) is 15. The van der Waals surface area contributed by atoms with Crippen molar-refractivity contribution < 1.29 is 69.5 Å². The Balaban J connectivity index is 1.17. The van der Waals surface area contributed by atoms with E-state index in [1.165, 1.54) is 48.4 Å². The van der Waals surface area contributed by atoms with Crippen molar-refractivity contribution >= 4 is 58.8 Å². The van der Waals surface area contributed by atoms with Gasteiger partial charge in [0, 0.05) is 5.56 Å². The van der Waals surface area contributed by atoms with E-state index in [2.05, 4.69) is 27.9 Å². The molecule has 6 N–H and O–H groups in total. The second kappa shape index (κ2) is 15.2. The van der Waals surface area contributed by atoms with Gasteiger partial charge in [0.25, 0.3) is 0 Å². The number of fused-ring (bicyclic) bond motifs is 2. The fourth-order valence-electron chi connectivity index (χ4n) is 5.04. The molecule has 0 bridgehead atoms. The number of nitrogens with zero attached hydrogens (tertiary/aromatic N) is 4. The molecule has 20 nitrogen and oxygen atoms in total. The standard InChI is InChI=1S/C28H31N5O15P4/c1-18-23(14-42-50(36,37)47-52(40,41)48-51(38,39)46-49(34,35)15-19-7-3-2-4-8-19)44-28(33-17-32-24-25(29)30-16-31-26(24)33)45-27(43-18)22-12-11-20-9-5-6-10-21(20)13-22/h2-13,16-18,23,27-28H,14-15H2,1H3,(H,34,35)(H,36,37)(H,38,39)(H,40,41)(H2,29,30,31)/t18-,23-,27?,28?/m1/s1. The Bertz CT molecular complexity index is 2260. The molecular formula is C28H31N5O15P4. The van der Waals surface area contributed by atoms with Gasteiger partial charge in [0.1, 0.15) is 24.3 Å². The first-order chi connectivity index (χ1) is 24.5. The Morgan fingerprint density at radius 3 is 2.21 bits per heavy atom. The normalized spacial score (nSPS) is 24.3. The lowest BCUT2D eigenvalue weighted by molar-refractivity contribution is -0.253. The maximum absolute atomic E-state index is 12.8. The molecule has 0 amide bonds. The Morgan fingerprint density at radius 1 is 0.788 bits per heavy atom. The third-order valence-electron chi connectivity index (χ3n) is 7.32. The summed E-state index contributed by atoms with van der Waals surface area (Å²) in [6, 6.07) is 20.5. The van der Waals surface area contributed by atoms with Crippen LogP contribution in [-0.2, 0) is 56.1 Å². The van der Waals surface area contributed by atoms with Crippen LogP contribution in [0, 0.1) is 0 Å². The van der Waals surface area contributed by atoms with Gasteiger partial charge in [0.2, 0.25) is 6.41 Å². The number of benzene rings is 3. The number of ether oxygens (including phenoxy) is 3. The lowest BCUT2D eigenvalue weighted by Crippen LogP contribution is -2.33. The highest BCUT2D eigenvalue weighted by Gasteiger charge is 2.46. The van der Waals surface area contributed by atoms with Crippen LogP contribution in [0.1, 0.15) is 30.8 Å². The molecule has 1 aliphatic heterocycles.